The molecule has 1 fully saturated rings. The third-order valence-electron chi connectivity index (χ3n) is 3.81. The van der Waals surface area contributed by atoms with Crippen molar-refractivity contribution in [3.05, 3.63) is 23.8 Å². The maximum atomic E-state index is 9.32. The van der Waals surface area contributed by atoms with Gasteiger partial charge in [0, 0.05) is 30.2 Å². The second-order valence-electron chi connectivity index (χ2n) is 4.75. The van der Waals surface area contributed by atoms with Gasteiger partial charge in [-0.3, -0.25) is 0 Å². The van der Waals surface area contributed by atoms with Crippen molar-refractivity contribution in [2.24, 2.45) is 0 Å². The first-order chi connectivity index (χ1) is 8.75. The number of aliphatic hydroxyl groups excluding tert-OH is 1. The summed E-state index contributed by atoms with van der Waals surface area (Å²) in [6.45, 7) is 2.06. The van der Waals surface area contributed by atoms with Crippen LogP contribution < -0.4 is 14.8 Å². The van der Waals surface area contributed by atoms with E-state index in [-0.39, 0.29) is 12.0 Å². The fourth-order valence-corrected chi connectivity index (χ4v) is 2.77. The Balaban J connectivity index is 2.40. The SMILES string of the molecule is COc1ccc(C2(CCO)CCNC2)c(OC)c1. The Morgan fingerprint density at radius 1 is 1.33 bits per heavy atom. The Morgan fingerprint density at radius 2 is 2.17 bits per heavy atom. The summed E-state index contributed by atoms with van der Waals surface area (Å²) in [5.74, 6) is 1.63. The van der Waals surface area contributed by atoms with E-state index < -0.39 is 0 Å². The molecule has 18 heavy (non-hydrogen) atoms. The van der Waals surface area contributed by atoms with Gasteiger partial charge >= 0.3 is 0 Å². The third kappa shape index (κ3) is 2.31. The molecule has 2 N–H and O–H groups in total. The zero-order valence-corrected chi connectivity index (χ0v) is 11.0. The van der Waals surface area contributed by atoms with Crippen molar-refractivity contribution in [2.75, 3.05) is 33.9 Å². The van der Waals surface area contributed by atoms with E-state index in [4.69, 9.17) is 9.47 Å². The minimum Gasteiger partial charge on any atom is -0.497 e. The lowest BCUT2D eigenvalue weighted by molar-refractivity contribution is 0.240. The molecule has 0 aliphatic carbocycles. The first-order valence-electron chi connectivity index (χ1n) is 6.30. The van der Waals surface area contributed by atoms with Gasteiger partial charge in [-0.2, -0.15) is 0 Å². The maximum absolute atomic E-state index is 9.32. The van der Waals surface area contributed by atoms with E-state index >= 15 is 0 Å². The molecule has 0 spiro atoms. The van der Waals surface area contributed by atoms with Crippen LogP contribution in [0.2, 0.25) is 0 Å². The Kier molecular flexibility index (Phi) is 4.09. The Labute approximate surface area is 108 Å². The lowest BCUT2D eigenvalue weighted by atomic mass is 9.76. The lowest BCUT2D eigenvalue weighted by Crippen LogP contribution is -2.30. The molecule has 0 saturated carbocycles. The van der Waals surface area contributed by atoms with Gasteiger partial charge in [-0.15, -0.1) is 0 Å². The predicted molar refractivity (Wildman–Crippen MR) is 70.4 cm³/mol. The maximum Gasteiger partial charge on any atom is 0.126 e. The Bertz CT molecular complexity index is 400. The largest absolute Gasteiger partial charge is 0.497 e. The minimum absolute atomic E-state index is 0.0215. The first-order valence-corrected chi connectivity index (χ1v) is 6.30. The van der Waals surface area contributed by atoms with E-state index in [1.807, 2.05) is 12.1 Å². The lowest BCUT2D eigenvalue weighted by Gasteiger charge is -2.30. The standard InChI is InChI=1S/C14H21NO3/c1-17-11-3-4-12(13(9-11)18-2)14(6-8-16)5-7-15-10-14/h3-4,9,15-16H,5-8,10H2,1-2H3. The molecule has 2 rings (SSSR count). The minimum atomic E-state index is -0.0215. The number of rotatable bonds is 5. The number of hydrogen-bond donors (Lipinski definition) is 2. The quantitative estimate of drug-likeness (QED) is 0.828. The van der Waals surface area contributed by atoms with Gasteiger partial charge in [0.2, 0.25) is 0 Å². The topological polar surface area (TPSA) is 50.7 Å². The molecule has 1 aliphatic rings. The fourth-order valence-electron chi connectivity index (χ4n) is 2.77. The van der Waals surface area contributed by atoms with Gasteiger partial charge in [0.25, 0.3) is 0 Å². The number of benzene rings is 1. The van der Waals surface area contributed by atoms with Gasteiger partial charge in [0.1, 0.15) is 11.5 Å². The molecule has 0 bridgehead atoms. The Morgan fingerprint density at radius 3 is 2.72 bits per heavy atom. The molecular weight excluding hydrogens is 230 g/mol. The van der Waals surface area contributed by atoms with Crippen LogP contribution >= 0.6 is 0 Å². The van der Waals surface area contributed by atoms with Crippen molar-refractivity contribution < 1.29 is 14.6 Å². The van der Waals surface area contributed by atoms with Crippen LogP contribution in [0, 0.1) is 0 Å². The molecule has 1 atom stereocenters. The molecule has 1 aromatic carbocycles. The average Bonchev–Trinajstić information content (AvgIpc) is 2.88. The van der Waals surface area contributed by atoms with Crippen LogP contribution in [0.15, 0.2) is 18.2 Å². The van der Waals surface area contributed by atoms with Crippen LogP contribution in [-0.4, -0.2) is 39.0 Å². The second-order valence-corrected chi connectivity index (χ2v) is 4.75. The molecule has 1 unspecified atom stereocenters. The van der Waals surface area contributed by atoms with Gasteiger partial charge in [0.05, 0.1) is 14.2 Å². The normalized spacial score (nSPS) is 23.1. The predicted octanol–water partition coefficient (Wildman–Crippen LogP) is 1.32. The summed E-state index contributed by atoms with van der Waals surface area (Å²) in [5.41, 5.74) is 1.14. The number of aliphatic hydroxyl groups is 1. The number of ether oxygens (including phenoxy) is 2. The number of methoxy groups -OCH3 is 2. The second kappa shape index (κ2) is 5.59. The summed E-state index contributed by atoms with van der Waals surface area (Å²) in [6, 6.07) is 5.92. The van der Waals surface area contributed by atoms with Crippen molar-refractivity contribution in [2.45, 2.75) is 18.3 Å². The van der Waals surface area contributed by atoms with E-state index in [0.717, 1.165) is 43.0 Å². The monoisotopic (exact) mass is 251 g/mol. The van der Waals surface area contributed by atoms with E-state index in [9.17, 15) is 5.11 Å². The highest BCUT2D eigenvalue weighted by Crippen LogP contribution is 2.40. The molecule has 0 aromatic heterocycles. The first kappa shape index (κ1) is 13.2. The van der Waals surface area contributed by atoms with Crippen LogP contribution in [0.3, 0.4) is 0 Å². The van der Waals surface area contributed by atoms with Crippen LogP contribution in [0.4, 0.5) is 0 Å². The summed E-state index contributed by atoms with van der Waals surface area (Å²) in [4.78, 5) is 0. The van der Waals surface area contributed by atoms with Crippen molar-refractivity contribution in [3.8, 4) is 11.5 Å². The highest BCUT2D eigenvalue weighted by Gasteiger charge is 2.37. The molecule has 0 radical (unpaired) electrons. The van der Waals surface area contributed by atoms with Crippen LogP contribution in [0.5, 0.6) is 11.5 Å². The molecule has 100 valence electrons. The molecule has 0 amide bonds. The molecule has 4 heteroatoms. The van der Waals surface area contributed by atoms with E-state index in [1.165, 1.54) is 0 Å². The molecule has 1 aliphatic heterocycles. The fraction of sp³-hybridized carbons (Fsp3) is 0.571. The van der Waals surface area contributed by atoms with E-state index in [2.05, 4.69) is 11.4 Å². The molecule has 1 heterocycles. The summed E-state index contributed by atoms with van der Waals surface area (Å²) in [7, 11) is 3.32. The van der Waals surface area contributed by atoms with Gasteiger partial charge in [-0.05, 0) is 25.5 Å². The van der Waals surface area contributed by atoms with Crippen LogP contribution in [0.25, 0.3) is 0 Å². The van der Waals surface area contributed by atoms with Crippen molar-refractivity contribution >= 4 is 0 Å². The van der Waals surface area contributed by atoms with Crippen molar-refractivity contribution in [3.63, 3.8) is 0 Å². The molecular formula is C14H21NO3. The zero-order chi connectivity index (χ0) is 13.0. The molecule has 1 saturated heterocycles. The number of nitrogens with one attached hydrogen (secondary N) is 1. The molecule has 1 aromatic rings. The van der Waals surface area contributed by atoms with Gasteiger partial charge in [-0.25, -0.2) is 0 Å². The van der Waals surface area contributed by atoms with Crippen LogP contribution in [0.1, 0.15) is 18.4 Å². The highest BCUT2D eigenvalue weighted by atomic mass is 16.5. The summed E-state index contributed by atoms with van der Waals surface area (Å²) < 4.78 is 10.7. The third-order valence-corrected chi connectivity index (χ3v) is 3.81. The van der Waals surface area contributed by atoms with E-state index in [1.54, 1.807) is 14.2 Å². The van der Waals surface area contributed by atoms with Crippen molar-refractivity contribution in [1.29, 1.82) is 0 Å². The summed E-state index contributed by atoms with van der Waals surface area (Å²) in [5, 5.41) is 12.7. The van der Waals surface area contributed by atoms with Gasteiger partial charge in [-0.1, -0.05) is 6.07 Å². The van der Waals surface area contributed by atoms with E-state index in [0.29, 0.717) is 0 Å². The smallest absolute Gasteiger partial charge is 0.126 e. The zero-order valence-electron chi connectivity index (χ0n) is 11.0. The Hall–Kier alpha value is -1.26. The molecule has 4 nitrogen and oxygen atoms in total. The highest BCUT2D eigenvalue weighted by molar-refractivity contribution is 5.46. The number of hydrogen-bond acceptors (Lipinski definition) is 4. The van der Waals surface area contributed by atoms with Crippen molar-refractivity contribution in [1.82, 2.24) is 5.32 Å². The summed E-state index contributed by atoms with van der Waals surface area (Å²) in [6.07, 6.45) is 1.78. The summed E-state index contributed by atoms with van der Waals surface area (Å²) >= 11 is 0. The van der Waals surface area contributed by atoms with Gasteiger partial charge < -0.3 is 19.9 Å². The van der Waals surface area contributed by atoms with Gasteiger partial charge in [0.15, 0.2) is 0 Å². The average molecular weight is 251 g/mol. The van der Waals surface area contributed by atoms with Crippen LogP contribution in [-0.2, 0) is 5.41 Å².